The number of hydrogen-bond acceptors (Lipinski definition) is 4. The Balaban J connectivity index is 1.57. The van der Waals surface area contributed by atoms with Gasteiger partial charge in [-0.2, -0.15) is 0 Å². The summed E-state index contributed by atoms with van der Waals surface area (Å²) >= 11 is 0. The Morgan fingerprint density at radius 1 is 1.32 bits per heavy atom. The van der Waals surface area contributed by atoms with Gasteiger partial charge in [0.15, 0.2) is 5.89 Å². The third kappa shape index (κ3) is 4.28. The number of oxazole rings is 1. The molecule has 0 N–H and O–H groups in total. The van der Waals surface area contributed by atoms with Crippen LogP contribution >= 0.6 is 0 Å². The average molecular weight is 341 g/mol. The van der Waals surface area contributed by atoms with E-state index in [1.165, 1.54) is 11.1 Å². The molecule has 0 atom stereocenters. The number of fused-ring (bicyclic) bond motifs is 1. The van der Waals surface area contributed by atoms with E-state index in [0.717, 1.165) is 30.3 Å². The van der Waals surface area contributed by atoms with Crippen molar-refractivity contribution in [3.63, 3.8) is 0 Å². The van der Waals surface area contributed by atoms with Crippen molar-refractivity contribution in [2.45, 2.75) is 46.2 Å². The van der Waals surface area contributed by atoms with Crippen LogP contribution in [-0.4, -0.2) is 40.8 Å². The Bertz CT molecular complexity index is 734. The first-order valence-corrected chi connectivity index (χ1v) is 8.92. The summed E-state index contributed by atoms with van der Waals surface area (Å²) in [6.45, 7) is 8.67. The largest absolute Gasteiger partial charge is 0.445 e. The van der Waals surface area contributed by atoms with Crippen LogP contribution in [0.15, 0.2) is 28.7 Å². The third-order valence-electron chi connectivity index (χ3n) is 4.57. The van der Waals surface area contributed by atoms with Crippen LogP contribution in [0.4, 0.5) is 0 Å². The summed E-state index contributed by atoms with van der Waals surface area (Å²) in [5.74, 6) is 2.14. The fourth-order valence-corrected chi connectivity index (χ4v) is 3.07. The summed E-state index contributed by atoms with van der Waals surface area (Å²) in [5.41, 5.74) is 3.39. The Kier molecular flexibility index (Phi) is 5.23. The highest BCUT2D eigenvalue weighted by molar-refractivity contribution is 5.78. The van der Waals surface area contributed by atoms with Gasteiger partial charge in [0.05, 0.1) is 13.1 Å². The summed E-state index contributed by atoms with van der Waals surface area (Å²) in [5, 5.41) is 0. The minimum Gasteiger partial charge on any atom is -0.445 e. The molecule has 1 aromatic carbocycles. The van der Waals surface area contributed by atoms with Crippen LogP contribution in [0.1, 0.15) is 48.2 Å². The van der Waals surface area contributed by atoms with Gasteiger partial charge in [0, 0.05) is 25.4 Å². The average Bonchev–Trinajstić information content (AvgIpc) is 3.00. The van der Waals surface area contributed by atoms with Crippen molar-refractivity contribution in [1.29, 1.82) is 0 Å². The lowest BCUT2D eigenvalue weighted by Gasteiger charge is -2.27. The van der Waals surface area contributed by atoms with Crippen molar-refractivity contribution in [3.05, 3.63) is 52.7 Å². The fraction of sp³-hybridized carbons (Fsp3) is 0.500. The standard InChI is InChI=1S/C20H27N3O2/c1-14(2)20-21-17-12-23(10-9-18(17)25-20)19(24)13-22(4)11-16-7-5-15(3)6-8-16/h5-8,14H,9-13H2,1-4H3. The lowest BCUT2D eigenvalue weighted by molar-refractivity contribution is -0.133. The molecule has 1 amide bonds. The Morgan fingerprint density at radius 2 is 2.04 bits per heavy atom. The topological polar surface area (TPSA) is 49.6 Å². The maximum Gasteiger partial charge on any atom is 0.237 e. The molecule has 3 rings (SSSR count). The summed E-state index contributed by atoms with van der Waals surface area (Å²) < 4.78 is 5.81. The predicted molar refractivity (Wildman–Crippen MR) is 97.2 cm³/mol. The molecule has 25 heavy (non-hydrogen) atoms. The van der Waals surface area contributed by atoms with Gasteiger partial charge in [0.1, 0.15) is 11.5 Å². The van der Waals surface area contributed by atoms with Crippen LogP contribution in [0.25, 0.3) is 0 Å². The van der Waals surface area contributed by atoms with Gasteiger partial charge in [-0.25, -0.2) is 4.98 Å². The van der Waals surface area contributed by atoms with Crippen molar-refractivity contribution < 1.29 is 9.21 Å². The zero-order valence-corrected chi connectivity index (χ0v) is 15.6. The molecule has 0 fully saturated rings. The number of aromatic nitrogens is 1. The van der Waals surface area contributed by atoms with Gasteiger partial charge in [-0.1, -0.05) is 43.7 Å². The van der Waals surface area contributed by atoms with E-state index in [1.54, 1.807) is 0 Å². The van der Waals surface area contributed by atoms with Gasteiger partial charge in [0.25, 0.3) is 0 Å². The number of benzene rings is 1. The molecular weight excluding hydrogens is 314 g/mol. The summed E-state index contributed by atoms with van der Waals surface area (Å²) in [4.78, 5) is 21.1. The Labute approximate surface area is 149 Å². The summed E-state index contributed by atoms with van der Waals surface area (Å²) in [7, 11) is 1.99. The van der Waals surface area contributed by atoms with E-state index in [9.17, 15) is 4.79 Å². The monoisotopic (exact) mass is 341 g/mol. The highest BCUT2D eigenvalue weighted by Crippen LogP contribution is 2.23. The summed E-state index contributed by atoms with van der Waals surface area (Å²) in [6, 6.07) is 8.45. The normalized spacial score (nSPS) is 14.2. The fourth-order valence-electron chi connectivity index (χ4n) is 3.07. The molecule has 1 aliphatic rings. The van der Waals surface area contributed by atoms with E-state index >= 15 is 0 Å². The minimum absolute atomic E-state index is 0.148. The number of nitrogens with zero attached hydrogens (tertiary/aromatic N) is 3. The van der Waals surface area contributed by atoms with E-state index in [2.05, 4.69) is 54.9 Å². The molecule has 0 bridgehead atoms. The molecule has 1 aliphatic heterocycles. The van der Waals surface area contributed by atoms with E-state index in [4.69, 9.17) is 4.42 Å². The number of amides is 1. The molecule has 5 nitrogen and oxygen atoms in total. The first-order chi connectivity index (χ1) is 11.9. The van der Waals surface area contributed by atoms with Crippen molar-refractivity contribution in [2.24, 2.45) is 0 Å². The van der Waals surface area contributed by atoms with Crippen LogP contribution in [0, 0.1) is 6.92 Å². The lowest BCUT2D eigenvalue weighted by atomic mass is 10.1. The quantitative estimate of drug-likeness (QED) is 0.838. The zero-order chi connectivity index (χ0) is 18.0. The maximum atomic E-state index is 12.6. The van der Waals surface area contributed by atoms with Crippen molar-refractivity contribution >= 4 is 5.91 Å². The molecule has 0 spiro atoms. The SMILES string of the molecule is Cc1ccc(CN(C)CC(=O)N2CCc3oc(C(C)C)nc3C2)cc1. The van der Waals surface area contributed by atoms with Gasteiger partial charge >= 0.3 is 0 Å². The molecule has 5 heteroatoms. The number of aryl methyl sites for hydroxylation is 1. The van der Waals surface area contributed by atoms with Crippen molar-refractivity contribution in [2.75, 3.05) is 20.1 Å². The second-order valence-corrected chi connectivity index (χ2v) is 7.30. The lowest BCUT2D eigenvalue weighted by Crippen LogP contribution is -2.41. The first-order valence-electron chi connectivity index (χ1n) is 8.92. The molecule has 0 unspecified atom stereocenters. The molecule has 0 radical (unpaired) electrons. The maximum absolute atomic E-state index is 12.6. The van der Waals surface area contributed by atoms with Gasteiger partial charge in [0.2, 0.25) is 5.91 Å². The second kappa shape index (κ2) is 7.40. The van der Waals surface area contributed by atoms with Gasteiger partial charge in [-0.15, -0.1) is 0 Å². The van der Waals surface area contributed by atoms with Gasteiger partial charge in [-0.05, 0) is 19.5 Å². The third-order valence-corrected chi connectivity index (χ3v) is 4.57. The molecule has 2 heterocycles. The van der Waals surface area contributed by atoms with Gasteiger partial charge in [-0.3, -0.25) is 9.69 Å². The van der Waals surface area contributed by atoms with Crippen LogP contribution in [0.2, 0.25) is 0 Å². The number of carbonyl (C=O) groups is 1. The number of hydrogen-bond donors (Lipinski definition) is 0. The second-order valence-electron chi connectivity index (χ2n) is 7.30. The molecule has 0 aliphatic carbocycles. The van der Waals surface area contributed by atoms with Crippen LogP contribution < -0.4 is 0 Å². The number of carbonyl (C=O) groups excluding carboxylic acids is 1. The Morgan fingerprint density at radius 3 is 2.72 bits per heavy atom. The van der Waals surface area contributed by atoms with Crippen molar-refractivity contribution in [1.82, 2.24) is 14.8 Å². The van der Waals surface area contributed by atoms with Crippen molar-refractivity contribution in [3.8, 4) is 0 Å². The van der Waals surface area contributed by atoms with E-state index < -0.39 is 0 Å². The Hall–Kier alpha value is -2.14. The van der Waals surface area contributed by atoms with Crippen LogP contribution in [0.3, 0.4) is 0 Å². The van der Waals surface area contributed by atoms with E-state index in [-0.39, 0.29) is 11.8 Å². The molecule has 0 saturated carbocycles. The highest BCUT2D eigenvalue weighted by atomic mass is 16.4. The highest BCUT2D eigenvalue weighted by Gasteiger charge is 2.26. The molecule has 0 saturated heterocycles. The number of rotatable bonds is 5. The minimum atomic E-state index is 0.148. The molecular formula is C20H27N3O2. The molecule has 1 aromatic heterocycles. The zero-order valence-electron chi connectivity index (χ0n) is 15.6. The summed E-state index contributed by atoms with van der Waals surface area (Å²) in [6.07, 6.45) is 0.752. The van der Waals surface area contributed by atoms with Crippen LogP contribution in [0.5, 0.6) is 0 Å². The first kappa shape index (κ1) is 17.7. The smallest absolute Gasteiger partial charge is 0.237 e. The van der Waals surface area contributed by atoms with E-state index in [0.29, 0.717) is 19.6 Å². The number of likely N-dealkylation sites (N-methyl/N-ethyl adjacent to an activating group) is 1. The molecule has 2 aromatic rings. The van der Waals surface area contributed by atoms with E-state index in [1.807, 2.05) is 11.9 Å². The van der Waals surface area contributed by atoms with Crippen LogP contribution in [-0.2, 0) is 24.3 Å². The molecule has 134 valence electrons. The van der Waals surface area contributed by atoms with Gasteiger partial charge < -0.3 is 9.32 Å². The predicted octanol–water partition coefficient (Wildman–Crippen LogP) is 3.12.